The normalized spacial score (nSPS) is 10.0. The third kappa shape index (κ3) is 3.03. The second-order valence-electron chi connectivity index (χ2n) is 5.54. The number of hydrogen-bond donors (Lipinski definition) is 1. The molecule has 0 aliphatic carbocycles. The lowest BCUT2D eigenvalue weighted by Gasteiger charge is -2.04. The molecular formula is C21H19N3O. The van der Waals surface area contributed by atoms with E-state index in [0.717, 1.165) is 40.1 Å². The van der Waals surface area contributed by atoms with Crippen molar-refractivity contribution in [2.75, 3.05) is 19.5 Å². The van der Waals surface area contributed by atoms with E-state index in [9.17, 15) is 5.26 Å². The Kier molecular flexibility index (Phi) is 4.64. The zero-order chi connectivity index (χ0) is 17.8. The fraction of sp³-hybridized carbons (Fsp3) is 0.190. The zero-order valence-corrected chi connectivity index (χ0v) is 14.6. The number of benzene rings is 2. The van der Waals surface area contributed by atoms with Gasteiger partial charge in [-0.05, 0) is 49.2 Å². The summed E-state index contributed by atoms with van der Waals surface area (Å²) in [7, 11) is 3.52. The Morgan fingerprint density at radius 3 is 2.48 bits per heavy atom. The van der Waals surface area contributed by atoms with Crippen LogP contribution in [0.15, 0.2) is 42.5 Å². The van der Waals surface area contributed by atoms with Crippen LogP contribution in [0.5, 0.6) is 5.75 Å². The number of ether oxygens (including phenoxy) is 1. The maximum atomic E-state index is 9.65. The van der Waals surface area contributed by atoms with Crippen LogP contribution >= 0.6 is 0 Å². The molecule has 2 aromatic carbocycles. The molecule has 0 aliphatic heterocycles. The monoisotopic (exact) mass is 329 g/mol. The van der Waals surface area contributed by atoms with Crippen LogP contribution in [0.3, 0.4) is 0 Å². The fourth-order valence-corrected chi connectivity index (χ4v) is 2.88. The van der Waals surface area contributed by atoms with E-state index in [1.807, 2.05) is 56.4 Å². The summed E-state index contributed by atoms with van der Waals surface area (Å²) in [5, 5.41) is 13.6. The minimum absolute atomic E-state index is 0.610. The average Bonchev–Trinajstić information content (AvgIpc) is 2.98. The minimum Gasteiger partial charge on any atom is -0.497 e. The number of fused-ring (bicyclic) bond motifs is 1. The van der Waals surface area contributed by atoms with Gasteiger partial charge in [0.25, 0.3) is 0 Å². The summed E-state index contributed by atoms with van der Waals surface area (Å²) in [5.41, 5.74) is 4.27. The number of methoxy groups -OCH3 is 1. The van der Waals surface area contributed by atoms with Crippen molar-refractivity contribution in [3.8, 4) is 23.7 Å². The summed E-state index contributed by atoms with van der Waals surface area (Å²) in [4.78, 5) is 0. The van der Waals surface area contributed by atoms with Crippen molar-refractivity contribution < 1.29 is 4.74 Å². The van der Waals surface area contributed by atoms with E-state index in [0.29, 0.717) is 5.56 Å². The van der Waals surface area contributed by atoms with Crippen LogP contribution in [-0.2, 0) is 6.54 Å². The SMILES string of the molecule is CCn1c(C#Cc2ccc(NC)cc2)c(C#N)c2ccc(OC)cc21. The molecular weight excluding hydrogens is 310 g/mol. The van der Waals surface area contributed by atoms with Gasteiger partial charge in [0.05, 0.1) is 18.2 Å². The Morgan fingerprint density at radius 2 is 1.88 bits per heavy atom. The van der Waals surface area contributed by atoms with Crippen molar-refractivity contribution >= 4 is 16.6 Å². The number of aromatic nitrogens is 1. The van der Waals surface area contributed by atoms with Gasteiger partial charge in [0.15, 0.2) is 0 Å². The van der Waals surface area contributed by atoms with E-state index in [2.05, 4.69) is 27.8 Å². The first-order valence-electron chi connectivity index (χ1n) is 8.12. The first-order chi connectivity index (χ1) is 12.2. The molecule has 0 spiro atoms. The van der Waals surface area contributed by atoms with E-state index in [4.69, 9.17) is 4.74 Å². The molecule has 0 saturated heterocycles. The Bertz CT molecular complexity index is 1010. The number of rotatable bonds is 3. The van der Waals surface area contributed by atoms with Gasteiger partial charge in [-0.1, -0.05) is 5.92 Å². The molecule has 0 amide bonds. The highest BCUT2D eigenvalue weighted by atomic mass is 16.5. The summed E-state index contributed by atoms with van der Waals surface area (Å²) >= 11 is 0. The van der Waals surface area contributed by atoms with Crippen molar-refractivity contribution in [1.29, 1.82) is 5.26 Å². The van der Waals surface area contributed by atoms with Crippen LogP contribution in [-0.4, -0.2) is 18.7 Å². The molecule has 3 aromatic rings. The second kappa shape index (κ2) is 7.03. The number of hydrogen-bond acceptors (Lipinski definition) is 3. The Labute approximate surface area is 147 Å². The Hall–Kier alpha value is -3.37. The van der Waals surface area contributed by atoms with E-state index in [1.54, 1.807) is 7.11 Å². The number of nitriles is 1. The number of aryl methyl sites for hydroxylation is 1. The van der Waals surface area contributed by atoms with Crippen molar-refractivity contribution in [1.82, 2.24) is 4.57 Å². The molecule has 0 saturated carbocycles. The molecule has 1 aromatic heterocycles. The molecule has 25 heavy (non-hydrogen) atoms. The van der Waals surface area contributed by atoms with Crippen molar-refractivity contribution in [3.05, 3.63) is 59.3 Å². The van der Waals surface area contributed by atoms with Gasteiger partial charge < -0.3 is 14.6 Å². The summed E-state index contributed by atoms with van der Waals surface area (Å²) in [6.07, 6.45) is 0. The van der Waals surface area contributed by atoms with Crippen molar-refractivity contribution in [2.24, 2.45) is 0 Å². The van der Waals surface area contributed by atoms with Crippen LogP contribution in [0.25, 0.3) is 10.9 Å². The summed E-state index contributed by atoms with van der Waals surface area (Å²) in [6, 6.07) is 15.9. The maximum absolute atomic E-state index is 9.65. The highest BCUT2D eigenvalue weighted by Crippen LogP contribution is 2.28. The van der Waals surface area contributed by atoms with Crippen molar-refractivity contribution in [2.45, 2.75) is 13.5 Å². The summed E-state index contributed by atoms with van der Waals surface area (Å²) in [5.74, 6) is 7.13. The lowest BCUT2D eigenvalue weighted by atomic mass is 10.1. The van der Waals surface area contributed by atoms with Gasteiger partial charge in [0.1, 0.15) is 17.5 Å². The molecule has 1 heterocycles. The van der Waals surface area contributed by atoms with Gasteiger partial charge in [-0.25, -0.2) is 0 Å². The average molecular weight is 329 g/mol. The van der Waals surface area contributed by atoms with Crippen LogP contribution in [0.1, 0.15) is 23.7 Å². The first kappa shape index (κ1) is 16.5. The molecule has 0 atom stereocenters. The third-order valence-corrected chi connectivity index (χ3v) is 4.20. The van der Waals surface area contributed by atoms with Gasteiger partial charge in [-0.2, -0.15) is 5.26 Å². The van der Waals surface area contributed by atoms with E-state index in [1.165, 1.54) is 0 Å². The molecule has 0 fully saturated rings. The molecule has 3 rings (SSSR count). The molecule has 1 N–H and O–H groups in total. The fourth-order valence-electron chi connectivity index (χ4n) is 2.88. The molecule has 124 valence electrons. The zero-order valence-electron chi connectivity index (χ0n) is 14.6. The Morgan fingerprint density at radius 1 is 1.12 bits per heavy atom. The first-order valence-corrected chi connectivity index (χ1v) is 8.12. The van der Waals surface area contributed by atoms with Gasteiger partial charge in [0.2, 0.25) is 0 Å². The topological polar surface area (TPSA) is 50.0 Å². The highest BCUT2D eigenvalue weighted by Gasteiger charge is 2.15. The third-order valence-electron chi connectivity index (χ3n) is 4.20. The maximum Gasteiger partial charge on any atom is 0.120 e. The quantitative estimate of drug-likeness (QED) is 0.739. The lowest BCUT2D eigenvalue weighted by molar-refractivity contribution is 0.415. The standard InChI is InChI=1S/C21H19N3O/c1-4-24-20(12-7-15-5-8-16(23-2)9-6-15)19(14-22)18-11-10-17(25-3)13-21(18)24/h5-6,8-11,13,23H,4H2,1-3H3. The second-order valence-corrected chi connectivity index (χ2v) is 5.54. The molecule has 0 bridgehead atoms. The van der Waals surface area contributed by atoms with Crippen LogP contribution in [0.4, 0.5) is 5.69 Å². The number of anilines is 1. The smallest absolute Gasteiger partial charge is 0.120 e. The van der Waals surface area contributed by atoms with Gasteiger partial charge in [-0.3, -0.25) is 0 Å². The van der Waals surface area contributed by atoms with Gasteiger partial charge in [-0.15, -0.1) is 0 Å². The molecule has 0 unspecified atom stereocenters. The van der Waals surface area contributed by atoms with Crippen LogP contribution in [0, 0.1) is 23.2 Å². The number of nitrogens with one attached hydrogen (secondary N) is 1. The van der Waals surface area contributed by atoms with Crippen molar-refractivity contribution in [3.63, 3.8) is 0 Å². The van der Waals surface area contributed by atoms with Crippen LogP contribution < -0.4 is 10.1 Å². The number of nitrogens with zero attached hydrogens (tertiary/aromatic N) is 2. The summed E-state index contributed by atoms with van der Waals surface area (Å²) in [6.45, 7) is 2.78. The van der Waals surface area contributed by atoms with E-state index < -0.39 is 0 Å². The minimum atomic E-state index is 0.610. The van der Waals surface area contributed by atoms with E-state index >= 15 is 0 Å². The largest absolute Gasteiger partial charge is 0.497 e. The lowest BCUT2D eigenvalue weighted by Crippen LogP contribution is -1.98. The van der Waals surface area contributed by atoms with Gasteiger partial charge in [0, 0.05) is 36.3 Å². The van der Waals surface area contributed by atoms with Gasteiger partial charge >= 0.3 is 0 Å². The predicted molar refractivity (Wildman–Crippen MR) is 101 cm³/mol. The highest BCUT2D eigenvalue weighted by molar-refractivity contribution is 5.90. The summed E-state index contributed by atoms with van der Waals surface area (Å²) < 4.78 is 7.38. The molecule has 4 heteroatoms. The molecule has 0 radical (unpaired) electrons. The predicted octanol–water partition coefficient (Wildman–Crippen LogP) is 3.98. The molecule has 0 aliphatic rings. The molecule has 4 nitrogen and oxygen atoms in total. The van der Waals surface area contributed by atoms with Crippen LogP contribution in [0.2, 0.25) is 0 Å². The van der Waals surface area contributed by atoms with E-state index in [-0.39, 0.29) is 0 Å². The Balaban J connectivity index is 2.15.